The van der Waals surface area contributed by atoms with Gasteiger partial charge in [-0.05, 0) is 55.9 Å². The average Bonchev–Trinajstić information content (AvgIpc) is 3.34. The molecule has 0 atom stereocenters. The van der Waals surface area contributed by atoms with E-state index in [0.717, 1.165) is 52.5 Å². The molecule has 5 aromatic rings. The van der Waals surface area contributed by atoms with E-state index in [2.05, 4.69) is 88.1 Å². The first-order valence-corrected chi connectivity index (χ1v) is 17.5. The number of fused-ring (bicyclic) bond motifs is 3. The van der Waals surface area contributed by atoms with Gasteiger partial charge in [0.05, 0.1) is 5.52 Å². The standard InChI is InChI=1S/C26H23N2S.C15H28O2.Ir/c1-15-16(2)29-25-23(15)27-14-28-24(25)20-11-19-10-17-8-6-7-9-18(17)12-21(19)22(13-20)26(3,4)5;1-7-14(5,8-2)12(16)11-13(17)15(6,9-3)10-4;/h6-10,12-14H,1-5H3;11,16H,7-10H2,1-6H3;/q-1;;/b;12-11-;. The molecule has 0 unspecified atom stereocenters. The van der Waals surface area contributed by atoms with Gasteiger partial charge in [-0.1, -0.05) is 109 Å². The zero-order chi connectivity index (χ0) is 34.0. The Labute approximate surface area is 299 Å². The summed E-state index contributed by atoms with van der Waals surface area (Å²) in [5.74, 6) is 0.286. The fraction of sp³-hybridized carbons (Fsp3) is 0.439. The summed E-state index contributed by atoms with van der Waals surface area (Å²) in [5, 5.41) is 15.0. The van der Waals surface area contributed by atoms with Crippen LogP contribution in [0.5, 0.6) is 0 Å². The van der Waals surface area contributed by atoms with Crippen LogP contribution in [0.25, 0.3) is 43.0 Å². The second kappa shape index (κ2) is 15.1. The number of aliphatic hydroxyl groups excluding tert-OH is 1. The van der Waals surface area contributed by atoms with E-state index >= 15 is 0 Å². The van der Waals surface area contributed by atoms with E-state index in [-0.39, 0.29) is 47.9 Å². The van der Waals surface area contributed by atoms with Gasteiger partial charge in [0.25, 0.3) is 0 Å². The smallest absolute Gasteiger partial charge is 0.164 e. The molecule has 47 heavy (non-hydrogen) atoms. The molecule has 0 spiro atoms. The molecule has 5 rings (SSSR count). The van der Waals surface area contributed by atoms with Crippen molar-refractivity contribution in [2.24, 2.45) is 10.8 Å². The number of aryl methyl sites for hydroxylation is 2. The molecule has 0 saturated heterocycles. The third-order valence-corrected chi connectivity index (χ3v) is 11.5. The molecule has 2 aromatic heterocycles. The number of nitrogens with zero attached hydrogens (tertiary/aromatic N) is 2. The molecule has 0 fully saturated rings. The number of allylic oxidation sites excluding steroid dienone is 2. The van der Waals surface area contributed by atoms with Crippen molar-refractivity contribution in [1.29, 1.82) is 0 Å². The molecule has 1 radical (unpaired) electrons. The summed E-state index contributed by atoms with van der Waals surface area (Å²) < 4.78 is 1.15. The number of hydrogen-bond acceptors (Lipinski definition) is 5. The summed E-state index contributed by atoms with van der Waals surface area (Å²) in [5.41, 5.74) is 5.07. The Kier molecular flexibility index (Phi) is 12.4. The van der Waals surface area contributed by atoms with Crippen molar-refractivity contribution in [3.05, 3.63) is 82.7 Å². The van der Waals surface area contributed by atoms with E-state index in [0.29, 0.717) is 0 Å². The normalized spacial score (nSPS) is 12.6. The van der Waals surface area contributed by atoms with Crippen molar-refractivity contribution in [1.82, 2.24) is 9.97 Å². The molecule has 4 nitrogen and oxygen atoms in total. The molecule has 253 valence electrons. The summed E-state index contributed by atoms with van der Waals surface area (Å²) >= 11 is 1.78. The Morgan fingerprint density at radius 3 is 2.00 bits per heavy atom. The summed E-state index contributed by atoms with van der Waals surface area (Å²) in [6.07, 6.45) is 6.44. The number of carbonyl (C=O) groups excluding carboxylic acids is 1. The monoisotopic (exact) mass is 828 g/mol. The maximum atomic E-state index is 12.2. The van der Waals surface area contributed by atoms with E-state index in [1.165, 1.54) is 38.2 Å². The number of ketones is 1. The predicted octanol–water partition coefficient (Wildman–Crippen LogP) is 12.0. The van der Waals surface area contributed by atoms with Gasteiger partial charge in [-0.15, -0.1) is 40.5 Å². The number of rotatable bonds is 8. The SMILES string of the molecule is CCC(C)(CC)C(=O)/C=C(\O)C(C)(CC)CC.Cc1sc2c(-c3[c-]c4cc5ccccc5cc4c(C(C)(C)C)c3)ncnc2c1C.[Ir]. The molecular formula is C41H51IrN2O2S-. The predicted molar refractivity (Wildman–Crippen MR) is 198 cm³/mol. The van der Waals surface area contributed by atoms with Gasteiger partial charge in [-0.25, -0.2) is 4.98 Å². The van der Waals surface area contributed by atoms with Gasteiger partial charge in [0.2, 0.25) is 0 Å². The van der Waals surface area contributed by atoms with Gasteiger partial charge in [-0.2, -0.15) is 0 Å². The number of hydrogen-bond donors (Lipinski definition) is 1. The molecule has 6 heteroatoms. The maximum Gasteiger partial charge on any atom is 0.164 e. The van der Waals surface area contributed by atoms with Crippen LogP contribution in [0, 0.1) is 30.7 Å². The van der Waals surface area contributed by atoms with Crippen LogP contribution in [0.15, 0.2) is 60.6 Å². The Morgan fingerprint density at radius 2 is 1.45 bits per heavy atom. The van der Waals surface area contributed by atoms with Crippen molar-refractivity contribution >= 4 is 48.9 Å². The van der Waals surface area contributed by atoms with Crippen molar-refractivity contribution in [3.8, 4) is 11.3 Å². The van der Waals surface area contributed by atoms with Crippen molar-refractivity contribution in [2.75, 3.05) is 0 Å². The fourth-order valence-electron chi connectivity index (χ4n) is 5.73. The summed E-state index contributed by atoms with van der Waals surface area (Å²) in [4.78, 5) is 22.7. The van der Waals surface area contributed by atoms with Crippen LogP contribution in [0.2, 0.25) is 0 Å². The summed E-state index contributed by atoms with van der Waals surface area (Å²) in [7, 11) is 0. The average molecular weight is 828 g/mol. The zero-order valence-corrected chi connectivity index (χ0v) is 33.2. The molecule has 3 aromatic carbocycles. The van der Waals surface area contributed by atoms with Crippen LogP contribution in [0.3, 0.4) is 0 Å². The Morgan fingerprint density at radius 1 is 0.872 bits per heavy atom. The van der Waals surface area contributed by atoms with Crippen LogP contribution in [-0.2, 0) is 30.3 Å². The maximum absolute atomic E-state index is 12.2. The van der Waals surface area contributed by atoms with Gasteiger partial charge < -0.3 is 5.11 Å². The summed E-state index contributed by atoms with van der Waals surface area (Å²) in [6.45, 7) is 23.2. The van der Waals surface area contributed by atoms with Crippen LogP contribution in [0.1, 0.15) is 104 Å². The molecule has 0 aliphatic rings. The topological polar surface area (TPSA) is 63.1 Å². The van der Waals surface area contributed by atoms with E-state index < -0.39 is 0 Å². The molecule has 0 amide bonds. The molecule has 0 aliphatic carbocycles. The van der Waals surface area contributed by atoms with Crippen LogP contribution < -0.4 is 0 Å². The second-order valence-electron chi connectivity index (χ2n) is 14.2. The van der Waals surface area contributed by atoms with Crippen molar-refractivity contribution in [3.63, 3.8) is 0 Å². The molecule has 2 heterocycles. The molecule has 0 bridgehead atoms. The van der Waals surface area contributed by atoms with E-state index in [1.54, 1.807) is 17.7 Å². The van der Waals surface area contributed by atoms with Gasteiger partial charge in [0, 0.05) is 52.3 Å². The van der Waals surface area contributed by atoms with Gasteiger partial charge >= 0.3 is 0 Å². The minimum atomic E-state index is -0.337. The van der Waals surface area contributed by atoms with E-state index in [4.69, 9.17) is 4.98 Å². The molecular weight excluding hydrogens is 777 g/mol. The minimum Gasteiger partial charge on any atom is -0.512 e. The van der Waals surface area contributed by atoms with Crippen molar-refractivity contribution < 1.29 is 30.0 Å². The first-order chi connectivity index (χ1) is 21.6. The number of benzene rings is 3. The van der Waals surface area contributed by atoms with Crippen LogP contribution >= 0.6 is 11.3 Å². The summed E-state index contributed by atoms with van der Waals surface area (Å²) in [6, 6.07) is 19.1. The van der Waals surface area contributed by atoms with Crippen LogP contribution in [-0.4, -0.2) is 20.9 Å². The third-order valence-electron chi connectivity index (χ3n) is 10.3. The molecule has 0 saturated carbocycles. The molecule has 0 aliphatic heterocycles. The number of thiophene rings is 1. The minimum absolute atomic E-state index is 0. The van der Waals surface area contributed by atoms with Gasteiger partial charge in [-0.3, -0.25) is 9.78 Å². The quantitative estimate of drug-likeness (QED) is 0.0732. The van der Waals surface area contributed by atoms with E-state index in [9.17, 15) is 9.90 Å². The van der Waals surface area contributed by atoms with Gasteiger partial charge in [0.1, 0.15) is 12.1 Å². The fourth-order valence-corrected chi connectivity index (χ4v) is 6.84. The molecule has 1 N–H and O–H groups in total. The first-order valence-electron chi connectivity index (χ1n) is 16.7. The Balaban J connectivity index is 0.000000290. The van der Waals surface area contributed by atoms with E-state index in [1.807, 2.05) is 41.5 Å². The van der Waals surface area contributed by atoms with Crippen LogP contribution in [0.4, 0.5) is 0 Å². The first kappa shape index (κ1) is 38.5. The Hall–Kier alpha value is -2.92. The van der Waals surface area contributed by atoms with Crippen molar-refractivity contribution in [2.45, 2.75) is 107 Å². The Bertz CT molecular complexity index is 1910. The van der Waals surface area contributed by atoms with Gasteiger partial charge in [0.15, 0.2) is 5.78 Å². The number of aromatic nitrogens is 2. The third kappa shape index (κ3) is 7.88. The number of carbonyl (C=O) groups is 1. The second-order valence-corrected chi connectivity index (χ2v) is 15.4. The number of aliphatic hydroxyl groups is 1. The zero-order valence-electron chi connectivity index (χ0n) is 30.0. The largest absolute Gasteiger partial charge is 0.512 e.